The molecule has 20 heavy (non-hydrogen) atoms. The number of halogens is 2. The average Bonchev–Trinajstić information content (AvgIpc) is 2.90. The van der Waals surface area contributed by atoms with Crippen LogP contribution in [0.2, 0.25) is 0 Å². The summed E-state index contributed by atoms with van der Waals surface area (Å²) in [6, 6.07) is 1.60. The molecule has 0 atom stereocenters. The predicted molar refractivity (Wildman–Crippen MR) is 64.9 cm³/mol. The van der Waals surface area contributed by atoms with Crippen LogP contribution < -0.4 is 4.72 Å². The van der Waals surface area contributed by atoms with Crippen LogP contribution in [-0.2, 0) is 23.2 Å². The van der Waals surface area contributed by atoms with Crippen LogP contribution in [0, 0.1) is 11.6 Å². The number of sulfonamides is 1. The lowest BCUT2D eigenvalue weighted by molar-refractivity contribution is 0.267. The standard InChI is InChI=1S/C11H11F2N3O3S/c12-9-1-2-10(11(13)8(9)6-17)20(18,19)16-5-7-3-14-15-4-7/h1-4,16-17H,5-6H2,(H,14,15). The van der Waals surface area contributed by atoms with Crippen LogP contribution in [-0.4, -0.2) is 23.7 Å². The molecule has 0 spiro atoms. The Bertz CT molecular complexity index is 702. The minimum Gasteiger partial charge on any atom is -0.391 e. The van der Waals surface area contributed by atoms with Gasteiger partial charge in [0, 0.05) is 18.3 Å². The summed E-state index contributed by atoms with van der Waals surface area (Å²) in [6.07, 6.45) is 2.88. The monoisotopic (exact) mass is 303 g/mol. The van der Waals surface area contributed by atoms with E-state index < -0.39 is 38.7 Å². The third-order valence-corrected chi connectivity index (χ3v) is 4.04. The topological polar surface area (TPSA) is 95.1 Å². The van der Waals surface area contributed by atoms with Crippen molar-refractivity contribution in [1.82, 2.24) is 14.9 Å². The molecule has 0 fully saturated rings. The highest BCUT2D eigenvalue weighted by atomic mass is 32.2. The van der Waals surface area contributed by atoms with Gasteiger partial charge in [-0.05, 0) is 12.1 Å². The molecule has 0 saturated carbocycles. The van der Waals surface area contributed by atoms with Crippen molar-refractivity contribution in [2.75, 3.05) is 0 Å². The zero-order chi connectivity index (χ0) is 14.8. The normalized spacial score (nSPS) is 11.8. The highest BCUT2D eigenvalue weighted by Gasteiger charge is 2.23. The van der Waals surface area contributed by atoms with Crippen LogP contribution >= 0.6 is 0 Å². The minimum absolute atomic E-state index is 0.0931. The maximum absolute atomic E-state index is 13.9. The summed E-state index contributed by atoms with van der Waals surface area (Å²) in [5.41, 5.74) is -0.130. The molecule has 0 aliphatic carbocycles. The molecule has 0 unspecified atom stereocenters. The number of aromatic amines is 1. The number of aromatic nitrogens is 2. The van der Waals surface area contributed by atoms with Gasteiger partial charge in [-0.1, -0.05) is 0 Å². The summed E-state index contributed by atoms with van der Waals surface area (Å²) in [4.78, 5) is -0.716. The molecule has 0 radical (unpaired) electrons. The molecule has 1 aromatic carbocycles. The molecular weight excluding hydrogens is 292 g/mol. The minimum atomic E-state index is -4.16. The number of rotatable bonds is 5. The van der Waals surface area contributed by atoms with E-state index in [1.54, 1.807) is 0 Å². The molecular formula is C11H11F2N3O3S. The van der Waals surface area contributed by atoms with Gasteiger partial charge in [0.05, 0.1) is 18.4 Å². The van der Waals surface area contributed by atoms with Gasteiger partial charge >= 0.3 is 0 Å². The first kappa shape index (κ1) is 14.6. The van der Waals surface area contributed by atoms with E-state index in [-0.39, 0.29) is 6.54 Å². The third kappa shape index (κ3) is 2.84. The van der Waals surface area contributed by atoms with Gasteiger partial charge in [0.25, 0.3) is 0 Å². The van der Waals surface area contributed by atoms with Crippen molar-refractivity contribution in [1.29, 1.82) is 0 Å². The Hall–Kier alpha value is -1.84. The van der Waals surface area contributed by atoms with Gasteiger partial charge in [-0.15, -0.1) is 0 Å². The van der Waals surface area contributed by atoms with E-state index in [2.05, 4.69) is 14.9 Å². The van der Waals surface area contributed by atoms with Crippen LogP contribution in [0.15, 0.2) is 29.4 Å². The molecule has 0 aliphatic rings. The first-order chi connectivity index (χ1) is 9.45. The summed E-state index contributed by atoms with van der Waals surface area (Å²) in [6.45, 7) is -1.02. The third-order valence-electron chi connectivity index (χ3n) is 2.62. The van der Waals surface area contributed by atoms with E-state index in [9.17, 15) is 17.2 Å². The van der Waals surface area contributed by atoms with Gasteiger partial charge in [0.15, 0.2) is 5.82 Å². The number of aliphatic hydroxyl groups excluding tert-OH is 1. The second kappa shape index (κ2) is 5.65. The molecule has 6 nitrogen and oxygen atoms in total. The number of aliphatic hydroxyl groups is 1. The summed E-state index contributed by atoms with van der Waals surface area (Å²) in [7, 11) is -4.16. The quantitative estimate of drug-likeness (QED) is 0.756. The Morgan fingerprint density at radius 3 is 2.70 bits per heavy atom. The molecule has 1 aromatic heterocycles. The van der Waals surface area contributed by atoms with E-state index in [0.717, 1.165) is 12.1 Å². The van der Waals surface area contributed by atoms with Crippen LogP contribution in [0.3, 0.4) is 0 Å². The summed E-state index contributed by atoms with van der Waals surface area (Å²) in [5.74, 6) is -2.30. The van der Waals surface area contributed by atoms with E-state index in [4.69, 9.17) is 5.11 Å². The van der Waals surface area contributed by atoms with E-state index in [1.807, 2.05) is 0 Å². The number of hydrogen-bond donors (Lipinski definition) is 3. The smallest absolute Gasteiger partial charge is 0.243 e. The number of hydrogen-bond acceptors (Lipinski definition) is 4. The molecule has 9 heteroatoms. The van der Waals surface area contributed by atoms with E-state index in [1.165, 1.54) is 12.4 Å². The molecule has 0 aliphatic heterocycles. The SMILES string of the molecule is O=S(=O)(NCc1cn[nH]c1)c1ccc(F)c(CO)c1F. The van der Waals surface area contributed by atoms with Crippen LogP contribution in [0.4, 0.5) is 8.78 Å². The molecule has 0 amide bonds. The van der Waals surface area contributed by atoms with Crippen molar-refractivity contribution in [3.05, 3.63) is 47.3 Å². The predicted octanol–water partition coefficient (Wildman–Crippen LogP) is 0.659. The first-order valence-electron chi connectivity index (χ1n) is 5.50. The molecule has 1 heterocycles. The average molecular weight is 303 g/mol. The fourth-order valence-electron chi connectivity index (χ4n) is 1.56. The van der Waals surface area contributed by atoms with Crippen LogP contribution in [0.1, 0.15) is 11.1 Å². The Balaban J connectivity index is 2.30. The fourth-order valence-corrected chi connectivity index (χ4v) is 2.68. The largest absolute Gasteiger partial charge is 0.391 e. The summed E-state index contributed by atoms with van der Waals surface area (Å²) < 4.78 is 53.1. The van der Waals surface area contributed by atoms with Crippen LogP contribution in [0.25, 0.3) is 0 Å². The fraction of sp³-hybridized carbons (Fsp3) is 0.182. The lowest BCUT2D eigenvalue weighted by atomic mass is 10.2. The zero-order valence-corrected chi connectivity index (χ0v) is 10.9. The second-order valence-corrected chi connectivity index (χ2v) is 5.66. The van der Waals surface area contributed by atoms with Gasteiger partial charge < -0.3 is 5.11 Å². The van der Waals surface area contributed by atoms with Crippen molar-refractivity contribution in [3.8, 4) is 0 Å². The Morgan fingerprint density at radius 1 is 1.35 bits per heavy atom. The van der Waals surface area contributed by atoms with Gasteiger partial charge in [-0.25, -0.2) is 21.9 Å². The van der Waals surface area contributed by atoms with Crippen molar-refractivity contribution >= 4 is 10.0 Å². The zero-order valence-electron chi connectivity index (χ0n) is 10.1. The Morgan fingerprint density at radius 2 is 2.10 bits per heavy atom. The maximum Gasteiger partial charge on any atom is 0.243 e. The van der Waals surface area contributed by atoms with Crippen molar-refractivity contribution in [3.63, 3.8) is 0 Å². The van der Waals surface area contributed by atoms with Gasteiger partial charge in [-0.2, -0.15) is 5.10 Å². The second-order valence-electron chi connectivity index (χ2n) is 3.93. The number of nitrogens with one attached hydrogen (secondary N) is 2. The van der Waals surface area contributed by atoms with E-state index >= 15 is 0 Å². The first-order valence-corrected chi connectivity index (χ1v) is 6.99. The highest BCUT2D eigenvalue weighted by molar-refractivity contribution is 7.89. The number of H-pyrrole nitrogens is 1. The molecule has 0 bridgehead atoms. The Kier molecular flexibility index (Phi) is 4.12. The van der Waals surface area contributed by atoms with Gasteiger partial charge in [0.1, 0.15) is 10.7 Å². The molecule has 3 N–H and O–H groups in total. The van der Waals surface area contributed by atoms with Gasteiger partial charge in [-0.3, -0.25) is 5.10 Å². The maximum atomic E-state index is 13.9. The Labute approximate surface area is 113 Å². The summed E-state index contributed by atoms with van der Waals surface area (Å²) >= 11 is 0. The van der Waals surface area contributed by atoms with Crippen molar-refractivity contribution in [2.45, 2.75) is 18.0 Å². The number of benzene rings is 1. The summed E-state index contributed by atoms with van der Waals surface area (Å²) in [5, 5.41) is 15.0. The van der Waals surface area contributed by atoms with Crippen molar-refractivity contribution < 1.29 is 22.3 Å². The van der Waals surface area contributed by atoms with Gasteiger partial charge in [0.2, 0.25) is 10.0 Å². The molecule has 108 valence electrons. The highest BCUT2D eigenvalue weighted by Crippen LogP contribution is 2.21. The lowest BCUT2D eigenvalue weighted by Gasteiger charge is -2.09. The van der Waals surface area contributed by atoms with Crippen molar-refractivity contribution in [2.24, 2.45) is 0 Å². The lowest BCUT2D eigenvalue weighted by Crippen LogP contribution is -2.24. The number of nitrogens with zero attached hydrogens (tertiary/aromatic N) is 1. The van der Waals surface area contributed by atoms with E-state index in [0.29, 0.717) is 5.56 Å². The molecule has 0 saturated heterocycles. The molecule has 2 rings (SSSR count). The molecule has 2 aromatic rings. The van der Waals surface area contributed by atoms with Crippen LogP contribution in [0.5, 0.6) is 0 Å².